The molecular formula is C24H30FN5O3. The zero-order chi connectivity index (χ0) is 23.6. The van der Waals surface area contributed by atoms with E-state index in [0.29, 0.717) is 12.2 Å². The minimum atomic E-state index is -1.10. The molecule has 2 heterocycles. The topological polar surface area (TPSA) is 96.3 Å². The molecule has 0 spiro atoms. The molecule has 0 radical (unpaired) electrons. The fourth-order valence-corrected chi connectivity index (χ4v) is 4.56. The van der Waals surface area contributed by atoms with Crippen LogP contribution in [0.25, 0.3) is 0 Å². The average molecular weight is 456 g/mol. The van der Waals surface area contributed by atoms with Gasteiger partial charge in [0, 0.05) is 24.3 Å². The second-order valence-corrected chi connectivity index (χ2v) is 9.07. The molecule has 0 saturated heterocycles. The van der Waals surface area contributed by atoms with Crippen molar-refractivity contribution >= 4 is 23.4 Å². The first-order valence-electron chi connectivity index (χ1n) is 11.6. The van der Waals surface area contributed by atoms with Crippen molar-refractivity contribution in [2.45, 2.75) is 70.5 Å². The minimum Gasteiger partial charge on any atom is -0.351 e. The summed E-state index contributed by atoms with van der Waals surface area (Å²) in [5, 5.41) is 10.1. The number of carbonyl (C=O) groups excluding carboxylic acids is 3. The van der Waals surface area contributed by atoms with Gasteiger partial charge in [0.2, 0.25) is 5.91 Å². The van der Waals surface area contributed by atoms with Crippen molar-refractivity contribution in [2.75, 3.05) is 11.9 Å². The molecule has 9 heteroatoms. The van der Waals surface area contributed by atoms with E-state index in [9.17, 15) is 18.8 Å². The standard InChI is InChI=1S/C24H30FN5O3/c1-3-4-13-29-22(32)20-14-19(21(31)26-18-11-9-16(25)10-12-18)28-30(20)15-24(29,2)23(33)27-17-7-5-6-8-17/h9-12,14,17H,3-8,13,15H2,1-2H3,(H,26,31)(H,27,33)/t24-/m1/s1. The van der Waals surface area contributed by atoms with Crippen LogP contribution in [0.1, 0.15) is 73.3 Å². The van der Waals surface area contributed by atoms with Gasteiger partial charge in [-0.2, -0.15) is 5.10 Å². The van der Waals surface area contributed by atoms with Crippen molar-refractivity contribution in [1.82, 2.24) is 20.0 Å². The number of anilines is 1. The van der Waals surface area contributed by atoms with Crippen LogP contribution in [0, 0.1) is 5.82 Å². The molecule has 1 atom stereocenters. The summed E-state index contributed by atoms with van der Waals surface area (Å²) in [5.41, 5.74) is -0.331. The van der Waals surface area contributed by atoms with E-state index in [1.807, 2.05) is 6.92 Å². The maximum atomic E-state index is 13.4. The monoisotopic (exact) mass is 455 g/mol. The molecule has 33 heavy (non-hydrogen) atoms. The minimum absolute atomic E-state index is 0.0681. The first kappa shape index (κ1) is 22.9. The summed E-state index contributed by atoms with van der Waals surface area (Å²) < 4.78 is 14.6. The van der Waals surface area contributed by atoms with Crippen molar-refractivity contribution in [3.63, 3.8) is 0 Å². The Hall–Kier alpha value is -3.23. The highest BCUT2D eigenvalue weighted by Crippen LogP contribution is 2.29. The van der Waals surface area contributed by atoms with Crippen LogP contribution in [0.5, 0.6) is 0 Å². The molecule has 2 N–H and O–H groups in total. The smallest absolute Gasteiger partial charge is 0.276 e. The Bertz CT molecular complexity index is 1040. The van der Waals surface area contributed by atoms with E-state index in [2.05, 4.69) is 15.7 Å². The molecule has 0 unspecified atom stereocenters. The van der Waals surface area contributed by atoms with Crippen LogP contribution in [0.15, 0.2) is 30.3 Å². The fourth-order valence-electron chi connectivity index (χ4n) is 4.56. The van der Waals surface area contributed by atoms with Crippen molar-refractivity contribution in [3.8, 4) is 0 Å². The van der Waals surface area contributed by atoms with E-state index >= 15 is 0 Å². The molecular weight excluding hydrogens is 425 g/mol. The number of amides is 3. The molecule has 4 rings (SSSR count). The number of carbonyl (C=O) groups is 3. The van der Waals surface area contributed by atoms with Crippen LogP contribution in [-0.4, -0.2) is 50.5 Å². The van der Waals surface area contributed by atoms with Crippen molar-refractivity contribution in [3.05, 3.63) is 47.5 Å². The highest BCUT2D eigenvalue weighted by molar-refractivity contribution is 6.05. The summed E-state index contributed by atoms with van der Waals surface area (Å²) in [6, 6.07) is 6.98. The van der Waals surface area contributed by atoms with Gasteiger partial charge in [-0.15, -0.1) is 0 Å². The summed E-state index contributed by atoms with van der Waals surface area (Å²) in [4.78, 5) is 41.1. The predicted molar refractivity (Wildman–Crippen MR) is 121 cm³/mol. The fraction of sp³-hybridized carbons (Fsp3) is 0.500. The SMILES string of the molecule is CCCCN1C(=O)c2cc(C(=O)Nc3ccc(F)cc3)nn2C[C@]1(C)C(=O)NC1CCCC1. The van der Waals surface area contributed by atoms with Gasteiger partial charge in [-0.25, -0.2) is 4.39 Å². The first-order valence-corrected chi connectivity index (χ1v) is 11.6. The van der Waals surface area contributed by atoms with Gasteiger partial charge in [-0.1, -0.05) is 26.2 Å². The second kappa shape index (κ2) is 9.33. The molecule has 3 amide bonds. The Morgan fingerprint density at radius 2 is 1.91 bits per heavy atom. The van der Waals surface area contributed by atoms with E-state index in [1.54, 1.807) is 11.8 Å². The van der Waals surface area contributed by atoms with Gasteiger partial charge >= 0.3 is 0 Å². The maximum absolute atomic E-state index is 13.4. The van der Waals surface area contributed by atoms with Gasteiger partial charge in [0.15, 0.2) is 5.69 Å². The molecule has 2 aliphatic rings. The molecule has 1 fully saturated rings. The zero-order valence-electron chi connectivity index (χ0n) is 19.1. The number of hydrogen-bond donors (Lipinski definition) is 2. The third-order valence-electron chi connectivity index (χ3n) is 6.55. The third kappa shape index (κ3) is 4.62. The lowest BCUT2D eigenvalue weighted by molar-refractivity contribution is -0.133. The van der Waals surface area contributed by atoms with Gasteiger partial charge in [0.05, 0.1) is 6.54 Å². The van der Waals surface area contributed by atoms with Crippen molar-refractivity contribution in [2.24, 2.45) is 0 Å². The van der Waals surface area contributed by atoms with Crippen LogP contribution in [0.3, 0.4) is 0 Å². The number of nitrogens with one attached hydrogen (secondary N) is 2. The van der Waals surface area contributed by atoms with Gasteiger partial charge in [0.25, 0.3) is 11.8 Å². The maximum Gasteiger partial charge on any atom is 0.276 e. The Balaban J connectivity index is 1.59. The number of halogens is 1. The van der Waals surface area contributed by atoms with Gasteiger partial charge < -0.3 is 15.5 Å². The average Bonchev–Trinajstić information content (AvgIpc) is 3.45. The highest BCUT2D eigenvalue weighted by atomic mass is 19.1. The van der Waals surface area contributed by atoms with Crippen LogP contribution >= 0.6 is 0 Å². The predicted octanol–water partition coefficient (Wildman–Crippen LogP) is 3.35. The lowest BCUT2D eigenvalue weighted by Crippen LogP contribution is -2.65. The molecule has 1 aliphatic carbocycles. The summed E-state index contributed by atoms with van der Waals surface area (Å²) >= 11 is 0. The Morgan fingerprint density at radius 1 is 1.21 bits per heavy atom. The lowest BCUT2D eigenvalue weighted by atomic mass is 9.94. The second-order valence-electron chi connectivity index (χ2n) is 9.07. The summed E-state index contributed by atoms with van der Waals surface area (Å²) in [7, 11) is 0. The number of aromatic nitrogens is 2. The molecule has 2 aromatic rings. The molecule has 176 valence electrons. The molecule has 8 nitrogen and oxygen atoms in total. The summed E-state index contributed by atoms with van der Waals surface area (Å²) in [6.45, 7) is 4.42. The largest absolute Gasteiger partial charge is 0.351 e. The molecule has 1 aliphatic heterocycles. The molecule has 0 bridgehead atoms. The van der Waals surface area contributed by atoms with Crippen LogP contribution < -0.4 is 10.6 Å². The number of benzene rings is 1. The van der Waals surface area contributed by atoms with Crippen molar-refractivity contribution in [1.29, 1.82) is 0 Å². The summed E-state index contributed by atoms with van der Waals surface area (Å²) in [6.07, 6.45) is 5.74. The number of unbranched alkanes of at least 4 members (excludes halogenated alkanes) is 1. The number of nitrogens with zero attached hydrogens (tertiary/aromatic N) is 3. The summed E-state index contributed by atoms with van der Waals surface area (Å²) in [5.74, 6) is -1.41. The van der Waals surface area contributed by atoms with Crippen LogP contribution in [0.2, 0.25) is 0 Å². The van der Waals surface area contributed by atoms with E-state index in [0.717, 1.165) is 38.5 Å². The Kier molecular flexibility index (Phi) is 6.49. The van der Waals surface area contributed by atoms with E-state index in [1.165, 1.54) is 35.0 Å². The van der Waals surface area contributed by atoms with E-state index in [-0.39, 0.29) is 35.8 Å². The Labute approximate surface area is 192 Å². The number of fused-ring (bicyclic) bond motifs is 1. The zero-order valence-corrected chi connectivity index (χ0v) is 19.1. The molecule has 1 saturated carbocycles. The van der Waals surface area contributed by atoms with Gasteiger partial charge in [-0.3, -0.25) is 19.1 Å². The van der Waals surface area contributed by atoms with E-state index in [4.69, 9.17) is 0 Å². The quantitative estimate of drug-likeness (QED) is 0.669. The van der Waals surface area contributed by atoms with E-state index < -0.39 is 17.3 Å². The first-order chi connectivity index (χ1) is 15.8. The van der Waals surface area contributed by atoms with Gasteiger partial charge in [-0.05, 0) is 50.5 Å². The molecule has 1 aromatic carbocycles. The number of rotatable bonds is 7. The highest BCUT2D eigenvalue weighted by Gasteiger charge is 2.48. The normalized spacial score (nSPS) is 20.6. The Morgan fingerprint density at radius 3 is 2.58 bits per heavy atom. The molecule has 1 aromatic heterocycles. The van der Waals surface area contributed by atoms with Crippen LogP contribution in [0.4, 0.5) is 10.1 Å². The third-order valence-corrected chi connectivity index (χ3v) is 6.55. The van der Waals surface area contributed by atoms with Crippen LogP contribution in [-0.2, 0) is 11.3 Å². The van der Waals surface area contributed by atoms with Gasteiger partial charge in [0.1, 0.15) is 17.1 Å². The van der Waals surface area contributed by atoms with Crippen molar-refractivity contribution < 1.29 is 18.8 Å². The lowest BCUT2D eigenvalue weighted by Gasteiger charge is -2.43. The number of hydrogen-bond acceptors (Lipinski definition) is 4.